The van der Waals surface area contributed by atoms with Gasteiger partial charge < -0.3 is 5.32 Å². The molecule has 0 saturated heterocycles. The number of anilines is 1. The molecule has 0 heterocycles. The lowest BCUT2D eigenvalue weighted by atomic mass is 10.3. The minimum Gasteiger partial charge on any atom is -0.305 e. The van der Waals surface area contributed by atoms with Crippen LogP contribution in [0.2, 0.25) is 0 Å². The van der Waals surface area contributed by atoms with Crippen molar-refractivity contribution in [2.45, 2.75) is 13.3 Å². The molecule has 1 rings (SSSR count). The summed E-state index contributed by atoms with van der Waals surface area (Å²) in [6, 6.07) is 6.98. The first-order valence-electron chi connectivity index (χ1n) is 4.67. The van der Waals surface area contributed by atoms with Crippen LogP contribution >= 0.6 is 15.9 Å². The first-order valence-corrected chi connectivity index (χ1v) is 5.46. The average molecular weight is 273 g/mol. The van der Waals surface area contributed by atoms with Gasteiger partial charge in [0, 0.05) is 4.47 Å². The van der Waals surface area contributed by atoms with Crippen LogP contribution in [0.1, 0.15) is 13.3 Å². The van der Waals surface area contributed by atoms with Crippen LogP contribution < -0.4 is 10.8 Å². The lowest BCUT2D eigenvalue weighted by molar-refractivity contribution is 0.0664. The molecule has 15 heavy (non-hydrogen) atoms. The highest BCUT2D eigenvalue weighted by atomic mass is 79.9. The standard InChI is InChI=1S/C10H13BrN2O2/c1-2-7-15-13-10(14)12-9-6-4-3-5-8(9)11/h3-6H,2,7H2,1H3,(H2,12,13,14). The van der Waals surface area contributed by atoms with Crippen molar-refractivity contribution in [2.24, 2.45) is 0 Å². The number of carbonyl (C=O) groups is 1. The number of hydroxylamine groups is 1. The minimum atomic E-state index is -0.379. The lowest BCUT2D eigenvalue weighted by Crippen LogP contribution is -2.29. The molecule has 82 valence electrons. The van der Waals surface area contributed by atoms with Crippen molar-refractivity contribution in [1.82, 2.24) is 5.48 Å². The molecule has 0 aliphatic rings. The smallest absolute Gasteiger partial charge is 0.305 e. The number of amides is 2. The third-order valence-corrected chi connectivity index (χ3v) is 2.28. The number of nitrogens with one attached hydrogen (secondary N) is 2. The fraction of sp³-hybridized carbons (Fsp3) is 0.300. The SMILES string of the molecule is CCCONC(=O)Nc1ccccc1Br. The summed E-state index contributed by atoms with van der Waals surface area (Å²) in [5.74, 6) is 0. The van der Waals surface area contributed by atoms with E-state index in [9.17, 15) is 4.79 Å². The van der Waals surface area contributed by atoms with Crippen molar-refractivity contribution in [3.63, 3.8) is 0 Å². The first kappa shape index (κ1) is 12.0. The summed E-state index contributed by atoms with van der Waals surface area (Å²) >= 11 is 3.32. The lowest BCUT2D eigenvalue weighted by Gasteiger charge is -2.08. The van der Waals surface area contributed by atoms with Crippen LogP contribution in [0.4, 0.5) is 10.5 Å². The van der Waals surface area contributed by atoms with Gasteiger partial charge in [0.05, 0.1) is 12.3 Å². The maximum Gasteiger partial charge on any atom is 0.343 e. The maximum atomic E-state index is 11.3. The van der Waals surface area contributed by atoms with Gasteiger partial charge in [0.25, 0.3) is 0 Å². The van der Waals surface area contributed by atoms with Crippen LogP contribution in [0, 0.1) is 0 Å². The quantitative estimate of drug-likeness (QED) is 0.654. The molecule has 2 amide bonds. The highest BCUT2D eigenvalue weighted by Crippen LogP contribution is 2.20. The van der Waals surface area contributed by atoms with E-state index in [1.54, 1.807) is 6.07 Å². The third-order valence-electron chi connectivity index (χ3n) is 1.59. The minimum absolute atomic E-state index is 0.379. The maximum absolute atomic E-state index is 11.3. The Morgan fingerprint density at radius 1 is 1.47 bits per heavy atom. The van der Waals surface area contributed by atoms with Gasteiger partial charge in [-0.15, -0.1) is 0 Å². The molecule has 0 unspecified atom stereocenters. The highest BCUT2D eigenvalue weighted by molar-refractivity contribution is 9.10. The summed E-state index contributed by atoms with van der Waals surface area (Å²) in [6.45, 7) is 2.47. The molecular formula is C10H13BrN2O2. The Morgan fingerprint density at radius 2 is 2.20 bits per heavy atom. The van der Waals surface area contributed by atoms with E-state index in [-0.39, 0.29) is 6.03 Å². The van der Waals surface area contributed by atoms with Crippen molar-refractivity contribution in [3.05, 3.63) is 28.7 Å². The molecular weight excluding hydrogens is 260 g/mol. The number of rotatable bonds is 4. The zero-order chi connectivity index (χ0) is 11.1. The second-order valence-corrected chi connectivity index (χ2v) is 3.74. The Kier molecular flexibility index (Phi) is 5.14. The molecule has 0 aliphatic heterocycles. The van der Waals surface area contributed by atoms with Gasteiger partial charge in [-0.3, -0.25) is 4.84 Å². The summed E-state index contributed by atoms with van der Waals surface area (Å²) in [5, 5.41) is 2.65. The number of hydrogen-bond donors (Lipinski definition) is 2. The van der Waals surface area contributed by atoms with Crippen LogP contribution in [0.3, 0.4) is 0 Å². The van der Waals surface area contributed by atoms with Crippen LogP contribution in [0.5, 0.6) is 0 Å². The zero-order valence-corrected chi connectivity index (χ0v) is 10.0. The number of para-hydroxylation sites is 1. The van der Waals surface area contributed by atoms with Crippen molar-refractivity contribution in [3.8, 4) is 0 Å². The number of halogens is 1. The topological polar surface area (TPSA) is 50.4 Å². The normalized spacial score (nSPS) is 9.73. The summed E-state index contributed by atoms with van der Waals surface area (Å²) in [4.78, 5) is 16.2. The van der Waals surface area contributed by atoms with Crippen LogP contribution in [-0.4, -0.2) is 12.6 Å². The number of urea groups is 1. The third kappa shape index (κ3) is 4.31. The molecule has 0 spiro atoms. The van der Waals surface area contributed by atoms with E-state index < -0.39 is 0 Å². The molecule has 4 nitrogen and oxygen atoms in total. The Balaban J connectivity index is 2.41. The molecule has 0 fully saturated rings. The van der Waals surface area contributed by atoms with Gasteiger partial charge in [-0.05, 0) is 34.5 Å². The van der Waals surface area contributed by atoms with E-state index in [0.717, 1.165) is 10.9 Å². The van der Waals surface area contributed by atoms with Crippen molar-refractivity contribution in [2.75, 3.05) is 11.9 Å². The molecule has 2 N–H and O–H groups in total. The predicted molar refractivity (Wildman–Crippen MR) is 62.5 cm³/mol. The van der Waals surface area contributed by atoms with Crippen LogP contribution in [-0.2, 0) is 4.84 Å². The van der Waals surface area contributed by atoms with Crippen molar-refractivity contribution < 1.29 is 9.63 Å². The van der Waals surface area contributed by atoms with Gasteiger partial charge >= 0.3 is 6.03 Å². The van der Waals surface area contributed by atoms with Crippen molar-refractivity contribution in [1.29, 1.82) is 0 Å². The van der Waals surface area contributed by atoms with Crippen LogP contribution in [0.25, 0.3) is 0 Å². The summed E-state index contributed by atoms with van der Waals surface area (Å²) in [6.07, 6.45) is 0.856. The van der Waals surface area contributed by atoms with E-state index in [1.165, 1.54) is 0 Å². The van der Waals surface area contributed by atoms with E-state index in [2.05, 4.69) is 26.7 Å². The van der Waals surface area contributed by atoms with E-state index >= 15 is 0 Å². The second kappa shape index (κ2) is 6.42. The molecule has 0 atom stereocenters. The molecule has 1 aromatic rings. The molecule has 0 saturated carbocycles. The molecule has 5 heteroatoms. The van der Waals surface area contributed by atoms with Gasteiger partial charge in [-0.1, -0.05) is 19.1 Å². The van der Waals surface area contributed by atoms with E-state index in [0.29, 0.717) is 12.3 Å². The highest BCUT2D eigenvalue weighted by Gasteiger charge is 2.03. The fourth-order valence-corrected chi connectivity index (χ4v) is 1.31. The van der Waals surface area contributed by atoms with E-state index in [4.69, 9.17) is 4.84 Å². The molecule has 0 bridgehead atoms. The Bertz CT molecular complexity index is 331. The molecule has 1 aromatic carbocycles. The van der Waals surface area contributed by atoms with Gasteiger partial charge in [0.15, 0.2) is 0 Å². The van der Waals surface area contributed by atoms with Gasteiger partial charge in [-0.25, -0.2) is 10.3 Å². The zero-order valence-electron chi connectivity index (χ0n) is 8.42. The average Bonchev–Trinajstić information content (AvgIpc) is 2.22. The van der Waals surface area contributed by atoms with Crippen molar-refractivity contribution >= 4 is 27.6 Å². The fourth-order valence-electron chi connectivity index (χ4n) is 0.929. The number of carbonyl (C=O) groups excluding carboxylic acids is 1. The van der Waals surface area contributed by atoms with Gasteiger partial charge in [-0.2, -0.15) is 0 Å². The number of benzene rings is 1. The largest absolute Gasteiger partial charge is 0.343 e. The predicted octanol–water partition coefficient (Wildman–Crippen LogP) is 2.91. The van der Waals surface area contributed by atoms with Crippen LogP contribution in [0.15, 0.2) is 28.7 Å². The Hall–Kier alpha value is -1.07. The van der Waals surface area contributed by atoms with Gasteiger partial charge in [0.2, 0.25) is 0 Å². The molecule has 0 aromatic heterocycles. The van der Waals surface area contributed by atoms with Gasteiger partial charge in [0.1, 0.15) is 0 Å². The molecule has 0 radical (unpaired) electrons. The van der Waals surface area contributed by atoms with E-state index in [1.807, 2.05) is 25.1 Å². The number of hydrogen-bond acceptors (Lipinski definition) is 2. The molecule has 0 aliphatic carbocycles. The summed E-state index contributed by atoms with van der Waals surface area (Å²) in [5.41, 5.74) is 2.99. The summed E-state index contributed by atoms with van der Waals surface area (Å²) < 4.78 is 0.829. The Labute approximate surface area is 97.1 Å². The summed E-state index contributed by atoms with van der Waals surface area (Å²) in [7, 11) is 0. The first-order chi connectivity index (χ1) is 7.24. The second-order valence-electron chi connectivity index (χ2n) is 2.88. The monoisotopic (exact) mass is 272 g/mol. The Morgan fingerprint density at radius 3 is 2.87 bits per heavy atom.